The van der Waals surface area contributed by atoms with Gasteiger partial charge >= 0.3 is 11.9 Å². The predicted molar refractivity (Wildman–Crippen MR) is 78.8 cm³/mol. The molecule has 0 fully saturated rings. The van der Waals surface area contributed by atoms with E-state index < -0.39 is 24.0 Å². The topological polar surface area (TPSA) is 116 Å². The number of carboxylic acids is 1. The Morgan fingerprint density at radius 2 is 1.71 bits per heavy atom. The van der Waals surface area contributed by atoms with Crippen molar-refractivity contribution in [2.75, 3.05) is 0 Å². The van der Waals surface area contributed by atoms with E-state index in [0.717, 1.165) is 5.56 Å². The van der Waals surface area contributed by atoms with Crippen molar-refractivity contribution in [3.8, 4) is 5.75 Å². The first kappa shape index (κ1) is 17.1. The summed E-state index contributed by atoms with van der Waals surface area (Å²) in [4.78, 5) is 22.4. The molecular weight excluding hydrogens is 272 g/mol. The van der Waals surface area contributed by atoms with Crippen LogP contribution in [0.15, 0.2) is 24.3 Å². The SMILES string of the molecule is CC(C)C[C@@H](N)C(=O)Oc1ccc(C[C@@H](N)C(=O)O)cc1. The molecule has 0 radical (unpaired) electrons. The smallest absolute Gasteiger partial charge is 0.328 e. The average Bonchev–Trinajstić information content (AvgIpc) is 2.39. The van der Waals surface area contributed by atoms with E-state index >= 15 is 0 Å². The first-order valence-corrected chi connectivity index (χ1v) is 6.84. The number of carboxylic acid groups (broad SMARTS) is 1. The molecule has 0 aliphatic carbocycles. The molecule has 2 atom stereocenters. The Kier molecular flexibility index (Phi) is 6.33. The fourth-order valence-corrected chi connectivity index (χ4v) is 1.83. The van der Waals surface area contributed by atoms with Crippen LogP contribution in [0.2, 0.25) is 0 Å². The molecule has 116 valence electrons. The maximum Gasteiger partial charge on any atom is 0.328 e. The van der Waals surface area contributed by atoms with Crippen molar-refractivity contribution in [3.63, 3.8) is 0 Å². The second-order valence-corrected chi connectivity index (χ2v) is 5.45. The zero-order valence-electron chi connectivity index (χ0n) is 12.3. The molecule has 0 aliphatic rings. The second-order valence-electron chi connectivity index (χ2n) is 5.45. The molecule has 0 saturated carbocycles. The number of esters is 1. The Morgan fingerprint density at radius 1 is 1.14 bits per heavy atom. The molecule has 0 amide bonds. The van der Waals surface area contributed by atoms with Crippen molar-refractivity contribution < 1.29 is 19.4 Å². The molecule has 0 saturated heterocycles. The van der Waals surface area contributed by atoms with Gasteiger partial charge in [0.2, 0.25) is 0 Å². The van der Waals surface area contributed by atoms with E-state index in [9.17, 15) is 9.59 Å². The Bertz CT molecular complexity index is 485. The number of carbonyl (C=O) groups excluding carboxylic acids is 1. The molecule has 0 aromatic heterocycles. The summed E-state index contributed by atoms with van der Waals surface area (Å²) in [6.45, 7) is 3.96. The molecule has 6 heteroatoms. The van der Waals surface area contributed by atoms with Crippen LogP contribution in [0.4, 0.5) is 0 Å². The third-order valence-corrected chi connectivity index (χ3v) is 2.94. The third kappa shape index (κ3) is 5.93. The Hall–Kier alpha value is -1.92. The van der Waals surface area contributed by atoms with E-state index in [-0.39, 0.29) is 6.42 Å². The lowest BCUT2D eigenvalue weighted by atomic mass is 10.0. The maximum atomic E-state index is 11.8. The van der Waals surface area contributed by atoms with Gasteiger partial charge in [-0.15, -0.1) is 0 Å². The van der Waals surface area contributed by atoms with E-state index in [1.165, 1.54) is 0 Å². The third-order valence-electron chi connectivity index (χ3n) is 2.94. The van der Waals surface area contributed by atoms with Crippen LogP contribution in [-0.2, 0) is 16.0 Å². The van der Waals surface area contributed by atoms with Crippen LogP contribution in [0.1, 0.15) is 25.8 Å². The lowest BCUT2D eigenvalue weighted by molar-refractivity contribution is -0.138. The second kappa shape index (κ2) is 7.75. The van der Waals surface area contributed by atoms with Gasteiger partial charge in [-0.25, -0.2) is 4.79 Å². The minimum atomic E-state index is -1.05. The lowest BCUT2D eigenvalue weighted by Gasteiger charge is -2.13. The fourth-order valence-electron chi connectivity index (χ4n) is 1.83. The molecule has 1 aromatic rings. The van der Waals surface area contributed by atoms with E-state index in [1.807, 2.05) is 13.8 Å². The Balaban J connectivity index is 2.58. The van der Waals surface area contributed by atoms with Gasteiger partial charge < -0.3 is 21.3 Å². The van der Waals surface area contributed by atoms with Crippen molar-refractivity contribution in [2.24, 2.45) is 17.4 Å². The highest BCUT2D eigenvalue weighted by Gasteiger charge is 2.17. The maximum absolute atomic E-state index is 11.8. The van der Waals surface area contributed by atoms with Gasteiger partial charge in [0.1, 0.15) is 17.8 Å². The van der Waals surface area contributed by atoms with Crippen molar-refractivity contribution >= 4 is 11.9 Å². The van der Waals surface area contributed by atoms with Gasteiger partial charge in [0.15, 0.2) is 0 Å². The highest BCUT2D eigenvalue weighted by atomic mass is 16.5. The molecule has 0 heterocycles. The number of hydrogen-bond donors (Lipinski definition) is 3. The van der Waals surface area contributed by atoms with Gasteiger partial charge in [-0.3, -0.25) is 4.79 Å². The van der Waals surface area contributed by atoms with E-state index in [2.05, 4.69) is 0 Å². The fraction of sp³-hybridized carbons (Fsp3) is 0.467. The number of hydrogen-bond acceptors (Lipinski definition) is 5. The Morgan fingerprint density at radius 3 is 2.19 bits per heavy atom. The zero-order valence-corrected chi connectivity index (χ0v) is 12.3. The molecule has 0 unspecified atom stereocenters. The summed E-state index contributed by atoms with van der Waals surface area (Å²) in [5.41, 5.74) is 12.0. The molecule has 21 heavy (non-hydrogen) atoms. The summed E-state index contributed by atoms with van der Waals surface area (Å²) >= 11 is 0. The largest absolute Gasteiger partial charge is 0.480 e. The van der Waals surface area contributed by atoms with Gasteiger partial charge in [-0.2, -0.15) is 0 Å². The molecule has 0 aliphatic heterocycles. The lowest BCUT2D eigenvalue weighted by Crippen LogP contribution is -2.35. The predicted octanol–water partition coefficient (Wildman–Crippen LogP) is 0.920. The van der Waals surface area contributed by atoms with Crippen molar-refractivity contribution in [2.45, 2.75) is 38.8 Å². The van der Waals surface area contributed by atoms with Crippen LogP contribution < -0.4 is 16.2 Å². The quantitative estimate of drug-likeness (QED) is 0.508. The van der Waals surface area contributed by atoms with E-state index in [1.54, 1.807) is 24.3 Å². The van der Waals surface area contributed by atoms with Gasteiger partial charge in [-0.1, -0.05) is 26.0 Å². The van der Waals surface area contributed by atoms with Crippen LogP contribution in [0.25, 0.3) is 0 Å². The minimum Gasteiger partial charge on any atom is -0.480 e. The summed E-state index contributed by atoms with van der Waals surface area (Å²) < 4.78 is 5.17. The van der Waals surface area contributed by atoms with Crippen LogP contribution in [0, 0.1) is 5.92 Å². The minimum absolute atomic E-state index is 0.219. The molecule has 6 nitrogen and oxygen atoms in total. The van der Waals surface area contributed by atoms with Gasteiger partial charge in [0.25, 0.3) is 0 Å². The highest BCUT2D eigenvalue weighted by Crippen LogP contribution is 2.15. The number of aliphatic carboxylic acids is 1. The van der Waals surface area contributed by atoms with Gasteiger partial charge in [0.05, 0.1) is 0 Å². The first-order chi connectivity index (χ1) is 9.79. The zero-order chi connectivity index (χ0) is 16.0. The molecule has 0 spiro atoms. The molecule has 1 rings (SSSR count). The standard InChI is InChI=1S/C15H22N2O4/c1-9(2)7-13(17)15(20)21-11-5-3-10(4-6-11)8-12(16)14(18)19/h3-6,9,12-13H,7-8,16-17H2,1-2H3,(H,18,19)/t12-,13-/m1/s1. The van der Waals surface area contributed by atoms with Crippen LogP contribution in [-0.4, -0.2) is 29.1 Å². The monoisotopic (exact) mass is 294 g/mol. The summed E-state index contributed by atoms with van der Waals surface area (Å²) in [5, 5.41) is 8.74. The van der Waals surface area contributed by atoms with Crippen molar-refractivity contribution in [1.29, 1.82) is 0 Å². The number of carbonyl (C=O) groups is 2. The van der Waals surface area contributed by atoms with Gasteiger partial charge in [0, 0.05) is 0 Å². The van der Waals surface area contributed by atoms with Crippen molar-refractivity contribution in [3.05, 3.63) is 29.8 Å². The molecular formula is C15H22N2O4. The van der Waals surface area contributed by atoms with E-state index in [0.29, 0.717) is 18.1 Å². The number of benzene rings is 1. The van der Waals surface area contributed by atoms with Crippen LogP contribution in [0.5, 0.6) is 5.75 Å². The first-order valence-electron chi connectivity index (χ1n) is 6.84. The number of nitrogens with two attached hydrogens (primary N) is 2. The van der Waals surface area contributed by atoms with Crippen LogP contribution in [0.3, 0.4) is 0 Å². The average molecular weight is 294 g/mol. The summed E-state index contributed by atoms with van der Waals surface area (Å²) in [6.07, 6.45) is 0.779. The van der Waals surface area contributed by atoms with E-state index in [4.69, 9.17) is 21.3 Å². The van der Waals surface area contributed by atoms with Crippen LogP contribution >= 0.6 is 0 Å². The Labute approximate surface area is 124 Å². The number of rotatable bonds is 7. The summed E-state index contributed by atoms with van der Waals surface area (Å²) in [5.74, 6) is -0.830. The van der Waals surface area contributed by atoms with Gasteiger partial charge in [-0.05, 0) is 36.5 Å². The highest BCUT2D eigenvalue weighted by molar-refractivity contribution is 5.78. The molecule has 5 N–H and O–H groups in total. The number of ether oxygens (including phenoxy) is 1. The van der Waals surface area contributed by atoms with Crippen molar-refractivity contribution in [1.82, 2.24) is 0 Å². The molecule has 1 aromatic carbocycles. The summed E-state index contributed by atoms with van der Waals surface area (Å²) in [6, 6.07) is 4.97. The molecule has 0 bridgehead atoms. The normalized spacial score (nSPS) is 13.8. The summed E-state index contributed by atoms with van der Waals surface area (Å²) in [7, 11) is 0.